The van der Waals surface area contributed by atoms with Crippen molar-refractivity contribution in [2.24, 2.45) is 5.92 Å². The molecule has 1 aromatic carbocycles. The molecule has 1 N–H and O–H groups in total. The second kappa shape index (κ2) is 5.28. The van der Waals surface area contributed by atoms with Gasteiger partial charge in [0.15, 0.2) is 0 Å². The number of fused-ring (bicyclic) bond motifs is 5. The highest BCUT2D eigenvalue weighted by Gasteiger charge is 2.37. The lowest BCUT2D eigenvalue weighted by atomic mass is 9.94. The number of carbonyl (C=O) groups is 1. The van der Waals surface area contributed by atoms with Crippen LogP contribution in [0.3, 0.4) is 0 Å². The zero-order chi connectivity index (χ0) is 15.3. The Hall–Kier alpha value is -1.52. The van der Waals surface area contributed by atoms with E-state index in [-0.39, 0.29) is 5.91 Å². The molecule has 116 valence electrons. The zero-order valence-electron chi connectivity index (χ0n) is 12.7. The van der Waals surface area contributed by atoms with Crippen molar-refractivity contribution >= 4 is 28.4 Å². The molecule has 4 heterocycles. The number of para-hydroxylation sites is 1. The number of amides is 1. The van der Waals surface area contributed by atoms with Crippen molar-refractivity contribution < 1.29 is 4.79 Å². The first-order valence-electron chi connectivity index (χ1n) is 7.89. The molecule has 3 fully saturated rings. The number of hydrogen-bond donors (Lipinski definition) is 1. The summed E-state index contributed by atoms with van der Waals surface area (Å²) in [4.78, 5) is 20.6. The van der Waals surface area contributed by atoms with Crippen molar-refractivity contribution in [3.63, 3.8) is 0 Å². The van der Waals surface area contributed by atoms with E-state index in [4.69, 9.17) is 11.6 Å². The van der Waals surface area contributed by atoms with E-state index in [1.807, 2.05) is 29.2 Å². The Balaban J connectivity index is 1.70. The Bertz CT molecular complexity index is 726. The minimum Gasteiger partial charge on any atom is -0.349 e. The highest BCUT2D eigenvalue weighted by molar-refractivity contribution is 6.38. The summed E-state index contributed by atoms with van der Waals surface area (Å²) in [6.45, 7) is 2.89. The molecule has 2 bridgehead atoms. The maximum absolute atomic E-state index is 13.0. The smallest absolute Gasteiger partial charge is 0.272 e. The monoisotopic (exact) mass is 317 g/mol. The minimum absolute atomic E-state index is 0.0474. The van der Waals surface area contributed by atoms with Crippen molar-refractivity contribution in [2.75, 3.05) is 26.7 Å². The highest BCUT2D eigenvalue weighted by atomic mass is 35.5. The molecule has 0 unspecified atom stereocenters. The second-order valence-corrected chi connectivity index (χ2v) is 7.01. The fourth-order valence-electron chi connectivity index (χ4n) is 3.96. The summed E-state index contributed by atoms with van der Waals surface area (Å²) >= 11 is 6.45. The van der Waals surface area contributed by atoms with Crippen LogP contribution in [-0.2, 0) is 0 Å². The van der Waals surface area contributed by atoms with E-state index in [1.54, 1.807) is 0 Å². The molecule has 5 rings (SSSR count). The summed E-state index contributed by atoms with van der Waals surface area (Å²) in [5.41, 5.74) is 1.46. The fraction of sp³-hybridized carbons (Fsp3) is 0.471. The maximum atomic E-state index is 13.0. The van der Waals surface area contributed by atoms with Gasteiger partial charge in [-0.1, -0.05) is 29.8 Å². The molecule has 2 atom stereocenters. The van der Waals surface area contributed by atoms with Gasteiger partial charge >= 0.3 is 0 Å². The van der Waals surface area contributed by atoms with E-state index in [9.17, 15) is 4.79 Å². The molecule has 3 aliphatic heterocycles. The van der Waals surface area contributed by atoms with Gasteiger partial charge in [0, 0.05) is 36.6 Å². The first-order valence-corrected chi connectivity index (χ1v) is 8.27. The molecule has 0 spiro atoms. The topological polar surface area (TPSA) is 39.3 Å². The number of H-pyrrole nitrogens is 1. The van der Waals surface area contributed by atoms with Gasteiger partial charge in [-0.05, 0) is 31.9 Å². The SMILES string of the molecule is CN1C[C@@H]2CC[C@H](C1)N(C(=O)c1[nH]c3ccccc3c1Cl)C2. The Morgan fingerprint density at radius 1 is 1.23 bits per heavy atom. The second-order valence-electron chi connectivity index (χ2n) is 6.64. The third-order valence-electron chi connectivity index (χ3n) is 5.01. The Labute approximate surface area is 135 Å². The molecule has 22 heavy (non-hydrogen) atoms. The van der Waals surface area contributed by atoms with Crippen LogP contribution < -0.4 is 0 Å². The summed E-state index contributed by atoms with van der Waals surface area (Å²) in [5.74, 6) is 0.627. The predicted molar refractivity (Wildman–Crippen MR) is 88.4 cm³/mol. The average Bonchev–Trinajstić information content (AvgIpc) is 2.65. The third kappa shape index (κ3) is 2.22. The molecular weight excluding hydrogens is 298 g/mol. The molecule has 0 radical (unpaired) electrons. The van der Waals surface area contributed by atoms with Gasteiger partial charge in [0.1, 0.15) is 5.69 Å². The largest absolute Gasteiger partial charge is 0.349 e. The molecule has 0 aliphatic carbocycles. The van der Waals surface area contributed by atoms with E-state index in [0.29, 0.717) is 22.7 Å². The predicted octanol–water partition coefficient (Wildman–Crippen LogP) is 2.99. The number of nitrogens with one attached hydrogen (secondary N) is 1. The van der Waals surface area contributed by atoms with Crippen LogP contribution >= 0.6 is 11.6 Å². The summed E-state index contributed by atoms with van der Waals surface area (Å²) < 4.78 is 0. The van der Waals surface area contributed by atoms with Crippen molar-refractivity contribution in [3.05, 3.63) is 35.0 Å². The summed E-state index contributed by atoms with van der Waals surface area (Å²) in [6, 6.07) is 8.11. The normalized spacial score (nSPS) is 25.6. The molecule has 3 aliphatic rings. The van der Waals surface area contributed by atoms with Gasteiger partial charge in [-0.15, -0.1) is 0 Å². The Morgan fingerprint density at radius 2 is 2.05 bits per heavy atom. The molecule has 1 aromatic heterocycles. The number of nitrogens with zero attached hydrogens (tertiary/aromatic N) is 2. The molecule has 2 aromatic rings. The van der Waals surface area contributed by atoms with Gasteiger partial charge in [0.05, 0.1) is 5.02 Å². The molecule has 0 saturated carbocycles. The zero-order valence-corrected chi connectivity index (χ0v) is 13.4. The van der Waals surface area contributed by atoms with E-state index in [1.165, 1.54) is 6.42 Å². The first kappa shape index (κ1) is 14.1. The molecular formula is C17H20ClN3O. The van der Waals surface area contributed by atoms with Crippen LogP contribution in [0.15, 0.2) is 24.3 Å². The molecule has 3 saturated heterocycles. The number of aromatic amines is 1. The van der Waals surface area contributed by atoms with Crippen LogP contribution in [0.1, 0.15) is 23.3 Å². The highest BCUT2D eigenvalue weighted by Crippen LogP contribution is 2.32. The standard InChI is InChI=1S/C17H20ClN3O/c1-20-8-11-6-7-12(10-20)21(9-11)17(22)16-15(18)13-4-2-3-5-14(13)19-16/h2-5,11-12,19H,6-10H2,1H3/t11-,12+/m0/s1. The minimum atomic E-state index is 0.0474. The Kier molecular flexibility index (Phi) is 3.39. The van der Waals surface area contributed by atoms with Crippen LogP contribution in [0, 0.1) is 5.92 Å². The average molecular weight is 318 g/mol. The first-order chi connectivity index (χ1) is 10.6. The van der Waals surface area contributed by atoms with Gasteiger partial charge in [0.25, 0.3) is 5.91 Å². The van der Waals surface area contributed by atoms with Gasteiger partial charge < -0.3 is 14.8 Å². The quantitative estimate of drug-likeness (QED) is 0.878. The number of benzene rings is 1. The van der Waals surface area contributed by atoms with Gasteiger partial charge in [-0.25, -0.2) is 0 Å². The lowest BCUT2D eigenvalue weighted by molar-refractivity contribution is 0.0582. The van der Waals surface area contributed by atoms with Crippen LogP contribution in [0.4, 0.5) is 0 Å². The lowest BCUT2D eigenvalue weighted by Gasteiger charge is -2.36. The summed E-state index contributed by atoms with van der Waals surface area (Å²) in [7, 11) is 2.15. The lowest BCUT2D eigenvalue weighted by Crippen LogP contribution is -2.47. The fourth-order valence-corrected chi connectivity index (χ4v) is 4.26. The Morgan fingerprint density at radius 3 is 2.86 bits per heavy atom. The van der Waals surface area contributed by atoms with Crippen LogP contribution in [0.2, 0.25) is 5.02 Å². The number of piperidine rings is 1. The van der Waals surface area contributed by atoms with E-state index in [0.717, 1.165) is 37.0 Å². The number of hydrogen-bond acceptors (Lipinski definition) is 2. The van der Waals surface area contributed by atoms with Gasteiger partial charge in [0.2, 0.25) is 0 Å². The molecule has 1 amide bonds. The van der Waals surface area contributed by atoms with E-state index in [2.05, 4.69) is 16.9 Å². The summed E-state index contributed by atoms with van der Waals surface area (Å²) in [5, 5.41) is 1.47. The summed E-state index contributed by atoms with van der Waals surface area (Å²) in [6.07, 6.45) is 2.32. The molecule has 4 nitrogen and oxygen atoms in total. The van der Waals surface area contributed by atoms with Crippen LogP contribution in [0.5, 0.6) is 0 Å². The maximum Gasteiger partial charge on any atom is 0.272 e. The van der Waals surface area contributed by atoms with Gasteiger partial charge in [-0.3, -0.25) is 4.79 Å². The number of rotatable bonds is 1. The van der Waals surface area contributed by atoms with Crippen molar-refractivity contribution in [1.29, 1.82) is 0 Å². The van der Waals surface area contributed by atoms with E-state index < -0.39 is 0 Å². The van der Waals surface area contributed by atoms with E-state index >= 15 is 0 Å². The van der Waals surface area contributed by atoms with Crippen LogP contribution in [-0.4, -0.2) is 53.4 Å². The van der Waals surface area contributed by atoms with Crippen molar-refractivity contribution in [1.82, 2.24) is 14.8 Å². The third-order valence-corrected chi connectivity index (χ3v) is 5.41. The number of halogens is 1. The van der Waals surface area contributed by atoms with Crippen molar-refractivity contribution in [2.45, 2.75) is 18.9 Å². The van der Waals surface area contributed by atoms with Crippen molar-refractivity contribution in [3.8, 4) is 0 Å². The van der Waals surface area contributed by atoms with Gasteiger partial charge in [-0.2, -0.15) is 0 Å². The van der Waals surface area contributed by atoms with Crippen LogP contribution in [0.25, 0.3) is 10.9 Å². The molecule has 5 heteroatoms. The number of aromatic nitrogens is 1. The number of carbonyl (C=O) groups excluding carboxylic acids is 1. The number of likely N-dealkylation sites (N-methyl/N-ethyl adjacent to an activating group) is 1.